The summed E-state index contributed by atoms with van der Waals surface area (Å²) in [7, 11) is -2.30. The molecule has 7 aromatic carbocycles. The Morgan fingerprint density at radius 1 is 0.431 bits per heavy atom. The fraction of sp³-hybridized carbons (Fsp3) is 0.0435. The maximum atomic E-state index is 5.65. The van der Waals surface area contributed by atoms with Crippen molar-refractivity contribution in [3.05, 3.63) is 158 Å². The van der Waals surface area contributed by atoms with Gasteiger partial charge in [-0.15, -0.1) is 0 Å². The van der Waals surface area contributed by atoms with Gasteiger partial charge in [0.25, 0.3) is 0 Å². The summed E-state index contributed by atoms with van der Waals surface area (Å²) in [6.07, 6.45) is 0. The summed E-state index contributed by atoms with van der Waals surface area (Å²) in [6.45, 7) is 4.97. The third kappa shape index (κ3) is 3.89. The minimum absolute atomic E-state index is 0.707. The van der Waals surface area contributed by atoms with Crippen molar-refractivity contribution in [2.24, 2.45) is 0 Å². The number of hydrogen-bond donors (Lipinski definition) is 0. The lowest BCUT2D eigenvalue weighted by molar-refractivity contribution is 1.00. The van der Waals surface area contributed by atoms with E-state index in [1.807, 2.05) is 0 Å². The Hall–Kier alpha value is -6.30. The first-order valence-electron chi connectivity index (χ1n) is 17.6. The standard InChI is InChI=1S/C46H32N4Si/c1-51(2)44-32-17-7-6-14-29(32)24-26-36(44)43-45(51)42(47-46(48-43)50-39-22-12-8-18-33(39)34-19-9-13-23-40(34)50)30-25-27-41-37(28-30)35-20-10-11-21-38(35)49(41)31-15-4-3-5-16-31/h3-28H,1-2H3. The molecule has 0 atom stereocenters. The largest absolute Gasteiger partial charge is 0.309 e. The lowest BCUT2D eigenvalue weighted by Gasteiger charge is -2.23. The van der Waals surface area contributed by atoms with Crippen LogP contribution < -0.4 is 10.4 Å². The second kappa shape index (κ2) is 10.4. The van der Waals surface area contributed by atoms with Gasteiger partial charge < -0.3 is 4.57 Å². The molecule has 1 aliphatic rings. The molecule has 4 nitrogen and oxygen atoms in total. The molecule has 11 rings (SSSR count). The highest BCUT2D eigenvalue weighted by molar-refractivity contribution is 7.05. The van der Waals surface area contributed by atoms with Gasteiger partial charge in [-0.05, 0) is 63.6 Å². The van der Waals surface area contributed by atoms with Gasteiger partial charge in [0.2, 0.25) is 5.95 Å². The predicted molar refractivity (Wildman–Crippen MR) is 216 cm³/mol. The third-order valence-corrected chi connectivity index (χ3v) is 14.6. The summed E-state index contributed by atoms with van der Waals surface area (Å²) in [6, 6.07) is 57.0. The molecule has 0 amide bonds. The lowest BCUT2D eigenvalue weighted by atomic mass is 10.0. The Bertz CT molecular complexity index is 3010. The van der Waals surface area contributed by atoms with Crippen LogP contribution in [-0.2, 0) is 0 Å². The van der Waals surface area contributed by atoms with E-state index in [0.29, 0.717) is 5.95 Å². The van der Waals surface area contributed by atoms with Gasteiger partial charge in [0, 0.05) is 38.4 Å². The highest BCUT2D eigenvalue weighted by Crippen LogP contribution is 2.39. The topological polar surface area (TPSA) is 35.6 Å². The molecular weight excluding hydrogens is 637 g/mol. The van der Waals surface area contributed by atoms with Crippen LogP contribution in [0.15, 0.2) is 158 Å². The smallest absolute Gasteiger partial charge is 0.235 e. The Kier molecular flexibility index (Phi) is 5.79. The fourth-order valence-corrected chi connectivity index (χ4v) is 12.5. The first-order valence-corrected chi connectivity index (χ1v) is 20.6. The third-order valence-electron chi connectivity index (χ3n) is 11.1. The van der Waals surface area contributed by atoms with Crippen LogP contribution in [0.4, 0.5) is 0 Å². The molecule has 0 N–H and O–H groups in total. The summed E-state index contributed by atoms with van der Waals surface area (Å²) < 4.78 is 4.64. The second-order valence-electron chi connectivity index (χ2n) is 14.2. The molecule has 0 unspecified atom stereocenters. The number of nitrogens with zero attached hydrogens (tertiary/aromatic N) is 4. The Labute approximate surface area is 295 Å². The van der Waals surface area contributed by atoms with Gasteiger partial charge in [0.05, 0.1) is 33.5 Å². The number of benzene rings is 7. The van der Waals surface area contributed by atoms with E-state index in [-0.39, 0.29) is 0 Å². The summed E-state index contributed by atoms with van der Waals surface area (Å²) in [5.74, 6) is 0.707. The van der Waals surface area contributed by atoms with Gasteiger partial charge >= 0.3 is 0 Å². The van der Waals surface area contributed by atoms with Crippen LogP contribution in [0.1, 0.15) is 0 Å². The predicted octanol–water partition coefficient (Wildman–Crippen LogP) is 10.3. The Morgan fingerprint density at radius 3 is 1.69 bits per heavy atom. The molecule has 0 saturated carbocycles. The Morgan fingerprint density at radius 2 is 0.980 bits per heavy atom. The van der Waals surface area contributed by atoms with Crippen molar-refractivity contribution in [1.29, 1.82) is 0 Å². The monoisotopic (exact) mass is 668 g/mol. The van der Waals surface area contributed by atoms with Crippen LogP contribution in [0.25, 0.3) is 88.5 Å². The van der Waals surface area contributed by atoms with E-state index in [1.54, 1.807) is 0 Å². The molecule has 240 valence electrons. The van der Waals surface area contributed by atoms with Crippen LogP contribution >= 0.6 is 0 Å². The number of hydrogen-bond acceptors (Lipinski definition) is 2. The number of fused-ring (bicyclic) bond motifs is 11. The molecule has 51 heavy (non-hydrogen) atoms. The molecule has 5 heteroatoms. The van der Waals surface area contributed by atoms with E-state index in [4.69, 9.17) is 9.97 Å². The van der Waals surface area contributed by atoms with E-state index in [1.165, 1.54) is 59.3 Å². The van der Waals surface area contributed by atoms with Crippen LogP contribution in [0, 0.1) is 0 Å². The van der Waals surface area contributed by atoms with E-state index in [9.17, 15) is 0 Å². The summed E-state index contributed by atoms with van der Waals surface area (Å²) in [5, 5.41) is 10.2. The minimum atomic E-state index is -2.30. The minimum Gasteiger partial charge on any atom is -0.309 e. The van der Waals surface area contributed by atoms with Crippen LogP contribution in [0.5, 0.6) is 0 Å². The van der Waals surface area contributed by atoms with E-state index < -0.39 is 8.07 Å². The number of para-hydroxylation sites is 4. The molecule has 0 bridgehead atoms. The average Bonchev–Trinajstić information content (AvgIpc) is 3.78. The average molecular weight is 669 g/mol. The molecule has 10 aromatic rings. The molecule has 0 saturated heterocycles. The van der Waals surface area contributed by atoms with Gasteiger partial charge in [-0.1, -0.05) is 128 Å². The number of rotatable bonds is 3. The fourth-order valence-electron chi connectivity index (χ4n) is 8.93. The molecule has 1 aliphatic heterocycles. The lowest BCUT2D eigenvalue weighted by Crippen LogP contribution is -2.50. The van der Waals surface area contributed by atoms with E-state index in [0.717, 1.165) is 33.7 Å². The van der Waals surface area contributed by atoms with Gasteiger partial charge in [0.1, 0.15) is 8.07 Å². The van der Waals surface area contributed by atoms with E-state index >= 15 is 0 Å². The van der Waals surface area contributed by atoms with Crippen LogP contribution in [-0.4, -0.2) is 27.2 Å². The summed E-state index contributed by atoms with van der Waals surface area (Å²) >= 11 is 0. The highest BCUT2D eigenvalue weighted by atomic mass is 28.3. The van der Waals surface area contributed by atoms with Gasteiger partial charge in [-0.25, -0.2) is 9.97 Å². The van der Waals surface area contributed by atoms with Crippen molar-refractivity contribution >= 4 is 72.8 Å². The number of aromatic nitrogens is 4. The maximum Gasteiger partial charge on any atom is 0.235 e. The molecular formula is C46H32N4Si. The van der Waals surface area contributed by atoms with Crippen molar-refractivity contribution < 1.29 is 0 Å². The van der Waals surface area contributed by atoms with Crippen molar-refractivity contribution in [2.45, 2.75) is 13.1 Å². The Balaban J connectivity index is 1.26. The molecule has 4 heterocycles. The summed E-state index contributed by atoms with van der Waals surface area (Å²) in [4.78, 5) is 11.2. The zero-order valence-electron chi connectivity index (χ0n) is 28.3. The quantitative estimate of drug-likeness (QED) is 0.176. The van der Waals surface area contributed by atoms with E-state index in [2.05, 4.69) is 180 Å². The molecule has 3 aromatic heterocycles. The first-order chi connectivity index (χ1) is 25.1. The molecule has 0 radical (unpaired) electrons. The SMILES string of the molecule is C[Si]1(C)c2c(-c3ccc4c(c3)c3ccccc3n4-c3ccccc3)nc(-n3c4ccccc4c4ccccc43)nc2-c2ccc3ccccc3c21. The summed E-state index contributed by atoms with van der Waals surface area (Å²) in [5.41, 5.74) is 10.2. The van der Waals surface area contributed by atoms with Crippen LogP contribution in [0.3, 0.4) is 0 Å². The van der Waals surface area contributed by atoms with Gasteiger partial charge in [0.15, 0.2) is 0 Å². The normalized spacial score (nSPS) is 13.5. The first kappa shape index (κ1) is 28.5. The van der Waals surface area contributed by atoms with Crippen molar-refractivity contribution in [3.63, 3.8) is 0 Å². The van der Waals surface area contributed by atoms with Crippen molar-refractivity contribution in [2.75, 3.05) is 0 Å². The van der Waals surface area contributed by atoms with Gasteiger partial charge in [-0.3, -0.25) is 4.57 Å². The van der Waals surface area contributed by atoms with Crippen molar-refractivity contribution in [3.8, 4) is 34.2 Å². The highest BCUT2D eigenvalue weighted by Gasteiger charge is 2.43. The van der Waals surface area contributed by atoms with Gasteiger partial charge in [-0.2, -0.15) is 0 Å². The zero-order valence-corrected chi connectivity index (χ0v) is 29.3. The molecule has 0 aliphatic carbocycles. The zero-order chi connectivity index (χ0) is 33.8. The van der Waals surface area contributed by atoms with Crippen molar-refractivity contribution in [1.82, 2.24) is 19.1 Å². The second-order valence-corrected chi connectivity index (χ2v) is 18.5. The molecule has 0 fully saturated rings. The maximum absolute atomic E-state index is 5.65. The molecule has 0 spiro atoms. The van der Waals surface area contributed by atoms with Crippen LogP contribution in [0.2, 0.25) is 13.1 Å².